The number of halogens is 1. The standard InChI is InChI=1S/C16H18FN3O4S/c1-10-7-13(11(2)24-10)16(21)19-25(22,23)12-8-18-20(9-12)15-6-4-3-5-14(15)17/h3-6,8-11,13H,7H2,1-2H3,(H,19,21). The van der Waals surface area contributed by atoms with E-state index in [4.69, 9.17) is 4.74 Å². The maximum atomic E-state index is 13.8. The van der Waals surface area contributed by atoms with Gasteiger partial charge in [0, 0.05) is 0 Å². The second-order valence-electron chi connectivity index (χ2n) is 6.04. The molecule has 3 unspecified atom stereocenters. The van der Waals surface area contributed by atoms with Crippen molar-refractivity contribution in [3.8, 4) is 5.69 Å². The van der Waals surface area contributed by atoms with Gasteiger partial charge in [0.15, 0.2) is 0 Å². The van der Waals surface area contributed by atoms with E-state index in [1.54, 1.807) is 13.0 Å². The molecule has 0 spiro atoms. The summed E-state index contributed by atoms with van der Waals surface area (Å²) in [4.78, 5) is 12.0. The van der Waals surface area contributed by atoms with E-state index in [1.807, 2.05) is 6.92 Å². The third-order valence-electron chi connectivity index (χ3n) is 4.14. The van der Waals surface area contributed by atoms with Gasteiger partial charge >= 0.3 is 0 Å². The van der Waals surface area contributed by atoms with Crippen LogP contribution in [0.2, 0.25) is 0 Å². The lowest BCUT2D eigenvalue weighted by Crippen LogP contribution is -2.38. The van der Waals surface area contributed by atoms with Crippen LogP contribution in [0.3, 0.4) is 0 Å². The van der Waals surface area contributed by atoms with Crippen LogP contribution in [0, 0.1) is 11.7 Å². The smallest absolute Gasteiger partial charge is 0.267 e. The number of para-hydroxylation sites is 1. The highest BCUT2D eigenvalue weighted by Crippen LogP contribution is 2.26. The number of nitrogens with one attached hydrogen (secondary N) is 1. The maximum Gasteiger partial charge on any atom is 0.267 e. The minimum atomic E-state index is -4.10. The molecule has 0 aliphatic carbocycles. The Bertz CT molecular complexity index is 896. The predicted molar refractivity (Wildman–Crippen MR) is 87.0 cm³/mol. The van der Waals surface area contributed by atoms with Crippen LogP contribution < -0.4 is 4.72 Å². The van der Waals surface area contributed by atoms with E-state index >= 15 is 0 Å². The van der Waals surface area contributed by atoms with Crippen molar-refractivity contribution in [2.45, 2.75) is 37.4 Å². The van der Waals surface area contributed by atoms with Gasteiger partial charge in [-0.05, 0) is 32.4 Å². The number of aromatic nitrogens is 2. The van der Waals surface area contributed by atoms with E-state index in [0.29, 0.717) is 6.42 Å². The topological polar surface area (TPSA) is 90.3 Å². The molecule has 3 rings (SSSR count). The molecular formula is C16H18FN3O4S. The number of nitrogens with zero attached hydrogens (tertiary/aromatic N) is 2. The number of carbonyl (C=O) groups is 1. The Morgan fingerprint density at radius 2 is 2.08 bits per heavy atom. The van der Waals surface area contributed by atoms with Crippen LogP contribution >= 0.6 is 0 Å². The minimum Gasteiger partial charge on any atom is -0.375 e. The van der Waals surface area contributed by atoms with Crippen LogP contribution in [0.5, 0.6) is 0 Å². The quantitative estimate of drug-likeness (QED) is 0.887. The summed E-state index contributed by atoms with van der Waals surface area (Å²) in [7, 11) is -4.10. The zero-order chi connectivity index (χ0) is 18.2. The number of carbonyl (C=O) groups excluding carboxylic acids is 1. The van der Waals surface area contributed by atoms with Gasteiger partial charge in [-0.15, -0.1) is 0 Å². The SMILES string of the molecule is CC1CC(C(=O)NS(=O)(=O)c2cnn(-c3ccccc3F)c2)C(C)O1. The number of benzene rings is 1. The second kappa shape index (κ2) is 6.57. The Kier molecular flexibility index (Phi) is 4.61. The van der Waals surface area contributed by atoms with E-state index in [0.717, 1.165) is 17.1 Å². The summed E-state index contributed by atoms with van der Waals surface area (Å²) in [5.41, 5.74) is 0.113. The molecule has 1 aromatic carbocycles. The summed E-state index contributed by atoms with van der Waals surface area (Å²) in [6, 6.07) is 5.84. The third-order valence-corrected chi connectivity index (χ3v) is 5.44. The first kappa shape index (κ1) is 17.6. The van der Waals surface area contributed by atoms with Crippen LogP contribution in [0.15, 0.2) is 41.6 Å². The molecule has 2 heterocycles. The summed E-state index contributed by atoms with van der Waals surface area (Å²) in [6.07, 6.45) is 2.23. The zero-order valence-electron chi connectivity index (χ0n) is 13.7. The molecule has 2 aromatic rings. The van der Waals surface area contributed by atoms with Crippen molar-refractivity contribution in [2.24, 2.45) is 5.92 Å². The maximum absolute atomic E-state index is 13.8. The molecule has 134 valence electrons. The molecule has 7 nitrogen and oxygen atoms in total. The molecule has 1 N–H and O–H groups in total. The fourth-order valence-electron chi connectivity index (χ4n) is 2.87. The molecule has 1 aromatic heterocycles. The van der Waals surface area contributed by atoms with Crippen molar-refractivity contribution in [2.75, 3.05) is 0 Å². The normalized spacial score (nSPS) is 23.6. The van der Waals surface area contributed by atoms with Gasteiger partial charge in [0.05, 0.1) is 30.5 Å². The van der Waals surface area contributed by atoms with Crippen LogP contribution in [0.4, 0.5) is 4.39 Å². The largest absolute Gasteiger partial charge is 0.375 e. The van der Waals surface area contributed by atoms with Gasteiger partial charge in [0.1, 0.15) is 16.4 Å². The lowest BCUT2D eigenvalue weighted by Gasteiger charge is -2.13. The molecule has 1 aliphatic heterocycles. The van der Waals surface area contributed by atoms with Gasteiger partial charge in [-0.2, -0.15) is 5.10 Å². The number of hydrogen-bond acceptors (Lipinski definition) is 5. The number of amides is 1. The Hall–Kier alpha value is -2.26. The molecule has 25 heavy (non-hydrogen) atoms. The lowest BCUT2D eigenvalue weighted by molar-refractivity contribution is -0.124. The average Bonchev–Trinajstić information content (AvgIpc) is 3.14. The first-order chi connectivity index (χ1) is 11.8. The fraction of sp³-hybridized carbons (Fsp3) is 0.375. The van der Waals surface area contributed by atoms with E-state index in [2.05, 4.69) is 9.82 Å². The Morgan fingerprint density at radius 3 is 2.72 bits per heavy atom. The first-order valence-corrected chi connectivity index (χ1v) is 9.28. The van der Waals surface area contributed by atoms with E-state index in [-0.39, 0.29) is 22.8 Å². The highest BCUT2D eigenvalue weighted by Gasteiger charge is 2.37. The Labute approximate surface area is 144 Å². The summed E-state index contributed by atoms with van der Waals surface area (Å²) in [5, 5.41) is 3.87. The first-order valence-electron chi connectivity index (χ1n) is 7.79. The number of rotatable bonds is 4. The lowest BCUT2D eigenvalue weighted by atomic mass is 10.0. The van der Waals surface area contributed by atoms with E-state index in [9.17, 15) is 17.6 Å². The number of hydrogen-bond donors (Lipinski definition) is 1. The molecule has 1 amide bonds. The summed E-state index contributed by atoms with van der Waals surface area (Å²) < 4.78 is 47.2. The predicted octanol–water partition coefficient (Wildman–Crippen LogP) is 1.63. The van der Waals surface area contributed by atoms with Crippen LogP contribution in [0.25, 0.3) is 5.69 Å². The molecule has 3 atom stereocenters. The van der Waals surface area contributed by atoms with Gasteiger partial charge in [0.2, 0.25) is 5.91 Å². The molecule has 1 fully saturated rings. The second-order valence-corrected chi connectivity index (χ2v) is 7.72. The molecule has 1 aliphatic rings. The van der Waals surface area contributed by atoms with Gasteiger partial charge in [-0.3, -0.25) is 4.79 Å². The summed E-state index contributed by atoms with van der Waals surface area (Å²) in [5.74, 6) is -1.69. The molecule has 0 radical (unpaired) electrons. The van der Waals surface area contributed by atoms with Crippen molar-refractivity contribution in [1.82, 2.24) is 14.5 Å². The molecule has 1 saturated heterocycles. The van der Waals surface area contributed by atoms with Gasteiger partial charge in [-0.1, -0.05) is 12.1 Å². The zero-order valence-corrected chi connectivity index (χ0v) is 14.5. The van der Waals surface area contributed by atoms with Crippen molar-refractivity contribution >= 4 is 15.9 Å². The monoisotopic (exact) mass is 367 g/mol. The molecule has 9 heteroatoms. The Balaban J connectivity index is 1.79. The van der Waals surface area contributed by atoms with E-state index in [1.165, 1.54) is 18.2 Å². The average molecular weight is 367 g/mol. The third kappa shape index (κ3) is 3.57. The van der Waals surface area contributed by atoms with Gasteiger partial charge < -0.3 is 4.74 Å². The van der Waals surface area contributed by atoms with Crippen molar-refractivity contribution < 1.29 is 22.3 Å². The molecule has 0 saturated carbocycles. The van der Waals surface area contributed by atoms with Gasteiger partial charge in [0.25, 0.3) is 10.0 Å². The van der Waals surface area contributed by atoms with Crippen LogP contribution in [-0.4, -0.2) is 36.3 Å². The number of ether oxygens (including phenoxy) is 1. The highest BCUT2D eigenvalue weighted by molar-refractivity contribution is 7.90. The van der Waals surface area contributed by atoms with Gasteiger partial charge in [-0.25, -0.2) is 22.2 Å². The van der Waals surface area contributed by atoms with Crippen LogP contribution in [0.1, 0.15) is 20.3 Å². The Morgan fingerprint density at radius 1 is 1.36 bits per heavy atom. The molecule has 0 bridgehead atoms. The summed E-state index contributed by atoms with van der Waals surface area (Å²) >= 11 is 0. The van der Waals surface area contributed by atoms with Crippen molar-refractivity contribution in [1.29, 1.82) is 0 Å². The van der Waals surface area contributed by atoms with Crippen molar-refractivity contribution in [3.05, 3.63) is 42.5 Å². The van der Waals surface area contributed by atoms with E-state index < -0.39 is 27.7 Å². The fourth-order valence-corrected chi connectivity index (χ4v) is 3.83. The molecular weight excluding hydrogens is 349 g/mol. The van der Waals surface area contributed by atoms with Crippen LogP contribution in [-0.2, 0) is 19.6 Å². The summed E-state index contributed by atoms with van der Waals surface area (Å²) in [6.45, 7) is 3.56. The van der Waals surface area contributed by atoms with Crippen molar-refractivity contribution in [3.63, 3.8) is 0 Å². The number of sulfonamides is 1. The minimum absolute atomic E-state index is 0.0998. The highest BCUT2D eigenvalue weighted by atomic mass is 32.2.